The predicted octanol–water partition coefficient (Wildman–Crippen LogP) is 2.16. The molecular weight excluding hydrogens is 395 g/mol. The van der Waals surface area contributed by atoms with E-state index in [4.69, 9.17) is 5.11 Å². The number of hydrogen-bond donors (Lipinski definition) is 1. The first-order valence-corrected chi connectivity index (χ1v) is 5.32. The third kappa shape index (κ3) is 4.64. The van der Waals surface area contributed by atoms with Gasteiger partial charge in [-0.15, -0.1) is 0 Å². The van der Waals surface area contributed by atoms with Gasteiger partial charge in [-0.05, 0) is 30.4 Å². The Kier molecular flexibility index (Phi) is 6.87. The van der Waals surface area contributed by atoms with Crippen molar-refractivity contribution in [2.24, 2.45) is 5.92 Å². The predicted molar refractivity (Wildman–Crippen MR) is 69.6 cm³/mol. The van der Waals surface area contributed by atoms with Gasteiger partial charge in [0.05, 0.1) is 5.92 Å². The van der Waals surface area contributed by atoms with Crippen molar-refractivity contribution in [1.29, 1.82) is 0 Å². The average Bonchev–Trinajstić information content (AvgIpc) is 2.17. The summed E-state index contributed by atoms with van der Waals surface area (Å²) in [5.41, 5.74) is 2.14. The molecule has 1 aromatic rings. The molecule has 0 aliphatic heterocycles. The maximum absolute atomic E-state index is 10.8. The molecule has 0 bridgehead atoms. The molecule has 0 spiro atoms. The molecule has 0 aromatic heterocycles. The zero-order valence-electron chi connectivity index (χ0n) is 10.2. The fourth-order valence-electron chi connectivity index (χ4n) is 1.56. The van der Waals surface area contributed by atoms with E-state index in [0.29, 0.717) is 5.92 Å². The van der Waals surface area contributed by atoms with Crippen LogP contribution < -0.4 is 0 Å². The van der Waals surface area contributed by atoms with Crippen molar-refractivity contribution in [2.45, 2.75) is 33.1 Å². The fourth-order valence-corrected chi connectivity index (χ4v) is 1.56. The van der Waals surface area contributed by atoms with Crippen LogP contribution in [0.1, 0.15) is 37.8 Å². The zero-order chi connectivity index (χ0) is 11.4. The molecule has 1 N–H and O–H groups in total. The molecule has 1 rings (SSSR count). The Balaban J connectivity index is 0.00000225. The minimum absolute atomic E-state index is 0. The Bertz CT molecular complexity index is 330. The van der Waals surface area contributed by atoms with Gasteiger partial charge in [-0.2, -0.15) is 0 Å². The molecule has 1 aromatic carbocycles. The first-order valence-electron chi connectivity index (χ1n) is 5.32. The van der Waals surface area contributed by atoms with Gasteiger partial charge in [0.2, 0.25) is 0 Å². The van der Waals surface area contributed by atoms with E-state index in [1.54, 1.807) is 6.92 Å². The van der Waals surface area contributed by atoms with E-state index in [-0.39, 0.29) is 27.3 Å². The Labute approximate surface area is 117 Å². The number of benzene rings is 1. The summed E-state index contributed by atoms with van der Waals surface area (Å²) in [6, 6.07) is 7.87. The van der Waals surface area contributed by atoms with Gasteiger partial charge >= 0.3 is 33.3 Å². The summed E-state index contributed by atoms with van der Waals surface area (Å²) in [5, 5.41) is 8.85. The molecule has 1 atom stereocenters. The summed E-state index contributed by atoms with van der Waals surface area (Å²) in [5.74, 6) is -0.558. The van der Waals surface area contributed by atoms with E-state index in [0.717, 1.165) is 12.0 Å². The van der Waals surface area contributed by atoms with Crippen LogP contribution in [-0.2, 0) is 11.2 Å². The van der Waals surface area contributed by atoms with Crippen molar-refractivity contribution in [3.63, 3.8) is 0 Å². The first-order chi connectivity index (χ1) is 7.00. The Morgan fingerprint density at radius 2 is 1.69 bits per heavy atom. The summed E-state index contributed by atoms with van der Waals surface area (Å²) < 4.78 is 0. The number of carboxylic acid groups (broad SMARTS) is 1. The summed E-state index contributed by atoms with van der Waals surface area (Å²) in [6.07, 6.45) is 1.04. The molecule has 2 nitrogen and oxygen atoms in total. The van der Waals surface area contributed by atoms with Crippen LogP contribution in [0.15, 0.2) is 24.3 Å². The third-order valence-corrected chi connectivity index (χ3v) is 2.49. The average molecular weight is 416 g/mol. The Morgan fingerprint density at radius 3 is 2.06 bits per heavy atom. The van der Waals surface area contributed by atoms with Crippen LogP contribution in [0.2, 0.25) is 0 Å². The number of aliphatic carboxylic acids is 1. The van der Waals surface area contributed by atoms with Gasteiger partial charge in [0.1, 0.15) is 0 Å². The second-order valence-corrected chi connectivity index (χ2v) is 4.40. The molecule has 0 saturated carbocycles. The third-order valence-electron chi connectivity index (χ3n) is 2.49. The standard InChI is InChI=1S/C13H18O2.Pb.2H/c1-9(2)8-11-4-6-12(7-5-11)10(3)13(14)15;;;/h4-7,9-10H,8H2,1-3H3,(H,14,15);;;. The molecule has 0 saturated heterocycles. The van der Waals surface area contributed by atoms with Gasteiger partial charge in [-0.1, -0.05) is 38.1 Å². The molecule has 0 aliphatic rings. The molecule has 0 fully saturated rings. The molecular formula is C13H20O2Pb. The van der Waals surface area contributed by atoms with Crippen molar-refractivity contribution in [1.82, 2.24) is 0 Å². The van der Waals surface area contributed by atoms with Crippen molar-refractivity contribution in [3.8, 4) is 0 Å². The quantitative estimate of drug-likeness (QED) is 0.766. The summed E-state index contributed by atoms with van der Waals surface area (Å²) in [7, 11) is 0. The van der Waals surface area contributed by atoms with Crippen molar-refractivity contribution in [3.05, 3.63) is 35.4 Å². The van der Waals surface area contributed by atoms with Gasteiger partial charge < -0.3 is 5.11 Å². The van der Waals surface area contributed by atoms with E-state index in [9.17, 15) is 4.79 Å². The van der Waals surface area contributed by atoms with E-state index >= 15 is 0 Å². The maximum atomic E-state index is 10.8. The van der Waals surface area contributed by atoms with Gasteiger partial charge in [0.15, 0.2) is 0 Å². The van der Waals surface area contributed by atoms with E-state index < -0.39 is 11.9 Å². The summed E-state index contributed by atoms with van der Waals surface area (Å²) in [4.78, 5) is 10.8. The van der Waals surface area contributed by atoms with E-state index in [2.05, 4.69) is 13.8 Å². The Hall–Kier alpha value is -0.388. The molecule has 2 radical (unpaired) electrons. The van der Waals surface area contributed by atoms with Crippen LogP contribution >= 0.6 is 0 Å². The fraction of sp³-hybridized carbons (Fsp3) is 0.462. The van der Waals surface area contributed by atoms with Crippen molar-refractivity contribution >= 4 is 33.3 Å². The van der Waals surface area contributed by atoms with E-state index in [1.165, 1.54) is 5.56 Å². The van der Waals surface area contributed by atoms with Crippen molar-refractivity contribution in [2.75, 3.05) is 0 Å². The van der Waals surface area contributed by atoms with E-state index in [1.807, 2.05) is 24.3 Å². The molecule has 1 unspecified atom stereocenters. The number of carbonyl (C=O) groups is 1. The minimum atomic E-state index is -0.772. The molecule has 0 amide bonds. The first kappa shape index (κ1) is 15.6. The summed E-state index contributed by atoms with van der Waals surface area (Å²) >= 11 is 0. The molecule has 88 valence electrons. The number of carboxylic acids is 1. The topological polar surface area (TPSA) is 37.3 Å². The van der Waals surface area contributed by atoms with Crippen LogP contribution in [0.4, 0.5) is 0 Å². The van der Waals surface area contributed by atoms with Gasteiger partial charge in [0.25, 0.3) is 0 Å². The van der Waals surface area contributed by atoms with Crippen LogP contribution in [-0.4, -0.2) is 38.4 Å². The van der Waals surface area contributed by atoms with Gasteiger partial charge in [0, 0.05) is 0 Å². The normalized spacial score (nSPS) is 12.0. The van der Waals surface area contributed by atoms with Crippen LogP contribution in [0, 0.1) is 5.92 Å². The second-order valence-electron chi connectivity index (χ2n) is 4.40. The molecule has 16 heavy (non-hydrogen) atoms. The van der Waals surface area contributed by atoms with Crippen LogP contribution in [0.3, 0.4) is 0 Å². The SMILES string of the molecule is CC(C)Cc1ccc(C(C)C(=O)O)cc1.[PbH2]. The van der Waals surface area contributed by atoms with Gasteiger partial charge in [-0.25, -0.2) is 0 Å². The zero-order valence-corrected chi connectivity index (χ0v) is 15.7. The van der Waals surface area contributed by atoms with Crippen LogP contribution in [0.25, 0.3) is 0 Å². The Morgan fingerprint density at radius 1 is 1.19 bits per heavy atom. The molecule has 3 heteroatoms. The van der Waals surface area contributed by atoms with Gasteiger partial charge in [-0.3, -0.25) is 4.79 Å². The molecule has 0 heterocycles. The van der Waals surface area contributed by atoms with Crippen LogP contribution in [0.5, 0.6) is 0 Å². The summed E-state index contributed by atoms with van der Waals surface area (Å²) in [6.45, 7) is 6.06. The van der Waals surface area contributed by atoms with Crippen molar-refractivity contribution < 1.29 is 9.90 Å². The second kappa shape index (κ2) is 7.04. The number of rotatable bonds is 4. The molecule has 0 aliphatic carbocycles. The number of hydrogen-bond acceptors (Lipinski definition) is 1. The monoisotopic (exact) mass is 416 g/mol.